The van der Waals surface area contributed by atoms with E-state index in [2.05, 4.69) is 5.32 Å². The molecule has 1 amide bonds. The Morgan fingerprint density at radius 1 is 1.00 bits per heavy atom. The Morgan fingerprint density at radius 3 is 2.37 bits per heavy atom. The summed E-state index contributed by atoms with van der Waals surface area (Å²) in [6.45, 7) is 3.83. The summed E-state index contributed by atoms with van der Waals surface area (Å²) in [4.78, 5) is 12.6. The van der Waals surface area contributed by atoms with Crippen LogP contribution in [0.25, 0.3) is 0 Å². The number of rotatable bonds is 6. The first-order valence-corrected chi connectivity index (χ1v) is 10.9. The van der Waals surface area contributed by atoms with Gasteiger partial charge in [0.2, 0.25) is 0 Å². The van der Waals surface area contributed by atoms with Crippen molar-refractivity contribution in [1.82, 2.24) is 5.32 Å². The SMILES string of the molecule is Cc1ccccc1[C@H](C)NC(=O)c1cccc(S(=O)(=O)N(C)c2ccccc2F)c1. The van der Waals surface area contributed by atoms with E-state index in [1.807, 2.05) is 38.1 Å². The van der Waals surface area contributed by atoms with Crippen LogP contribution in [0.4, 0.5) is 10.1 Å². The molecular weight excluding hydrogens is 403 g/mol. The largest absolute Gasteiger partial charge is 0.346 e. The number of nitrogens with one attached hydrogen (secondary N) is 1. The Hall–Kier alpha value is -3.19. The van der Waals surface area contributed by atoms with Crippen molar-refractivity contribution in [3.05, 3.63) is 95.3 Å². The van der Waals surface area contributed by atoms with Gasteiger partial charge in [-0.3, -0.25) is 9.10 Å². The first-order valence-electron chi connectivity index (χ1n) is 9.41. The second kappa shape index (κ2) is 8.67. The molecule has 0 saturated carbocycles. The molecule has 30 heavy (non-hydrogen) atoms. The maximum atomic E-state index is 14.1. The van der Waals surface area contributed by atoms with Crippen molar-refractivity contribution in [1.29, 1.82) is 0 Å². The Kier molecular flexibility index (Phi) is 6.22. The predicted molar refractivity (Wildman–Crippen MR) is 115 cm³/mol. The molecular formula is C23H23FN2O3S. The number of hydrogen-bond donors (Lipinski definition) is 1. The van der Waals surface area contributed by atoms with E-state index in [1.165, 1.54) is 43.4 Å². The molecule has 1 N–H and O–H groups in total. The molecule has 0 aromatic heterocycles. The molecule has 0 radical (unpaired) electrons. The fraction of sp³-hybridized carbons (Fsp3) is 0.174. The van der Waals surface area contributed by atoms with Gasteiger partial charge in [0.15, 0.2) is 0 Å². The normalized spacial score (nSPS) is 12.3. The van der Waals surface area contributed by atoms with Crippen LogP contribution in [0.1, 0.15) is 34.5 Å². The lowest BCUT2D eigenvalue weighted by Crippen LogP contribution is -2.29. The number of aryl methyl sites for hydroxylation is 1. The number of hydrogen-bond acceptors (Lipinski definition) is 3. The highest BCUT2D eigenvalue weighted by Crippen LogP contribution is 2.25. The van der Waals surface area contributed by atoms with E-state index in [-0.39, 0.29) is 22.2 Å². The van der Waals surface area contributed by atoms with Crippen LogP contribution in [-0.2, 0) is 10.0 Å². The van der Waals surface area contributed by atoms with Crippen LogP contribution >= 0.6 is 0 Å². The van der Waals surface area contributed by atoms with Crippen LogP contribution in [0.5, 0.6) is 0 Å². The first-order chi connectivity index (χ1) is 14.2. The highest BCUT2D eigenvalue weighted by Gasteiger charge is 2.24. The summed E-state index contributed by atoms with van der Waals surface area (Å²) in [6, 6.07) is 18.8. The Labute approximate surface area is 176 Å². The molecule has 3 aromatic rings. The van der Waals surface area contributed by atoms with Crippen LogP contribution in [0, 0.1) is 12.7 Å². The van der Waals surface area contributed by atoms with Gasteiger partial charge in [-0.25, -0.2) is 12.8 Å². The van der Waals surface area contributed by atoms with Crippen molar-refractivity contribution in [2.45, 2.75) is 24.8 Å². The molecule has 0 aliphatic carbocycles. The van der Waals surface area contributed by atoms with E-state index in [0.717, 1.165) is 15.4 Å². The van der Waals surface area contributed by atoms with E-state index < -0.39 is 21.7 Å². The monoisotopic (exact) mass is 426 g/mol. The molecule has 156 valence electrons. The number of carbonyl (C=O) groups is 1. The van der Waals surface area contributed by atoms with Crippen molar-refractivity contribution in [2.75, 3.05) is 11.4 Å². The Balaban J connectivity index is 1.86. The molecule has 0 heterocycles. The minimum Gasteiger partial charge on any atom is -0.346 e. The summed E-state index contributed by atoms with van der Waals surface area (Å²) in [6.07, 6.45) is 0. The van der Waals surface area contributed by atoms with Crippen molar-refractivity contribution in [3.63, 3.8) is 0 Å². The molecule has 0 unspecified atom stereocenters. The van der Waals surface area contributed by atoms with E-state index >= 15 is 0 Å². The summed E-state index contributed by atoms with van der Waals surface area (Å²) in [5.74, 6) is -1.04. The predicted octanol–water partition coefficient (Wildman–Crippen LogP) is 4.45. The van der Waals surface area contributed by atoms with E-state index in [0.29, 0.717) is 0 Å². The first kappa shape index (κ1) is 21.5. The number of carbonyl (C=O) groups excluding carboxylic acids is 1. The molecule has 3 rings (SSSR count). The van der Waals surface area contributed by atoms with Crippen molar-refractivity contribution >= 4 is 21.6 Å². The zero-order valence-electron chi connectivity index (χ0n) is 17.0. The molecule has 0 aliphatic heterocycles. The lowest BCUT2D eigenvalue weighted by Gasteiger charge is -2.20. The summed E-state index contributed by atoms with van der Waals surface area (Å²) in [7, 11) is -2.77. The lowest BCUT2D eigenvalue weighted by molar-refractivity contribution is 0.0939. The van der Waals surface area contributed by atoms with Gasteiger partial charge in [-0.15, -0.1) is 0 Å². The number of nitrogens with zero attached hydrogens (tertiary/aromatic N) is 1. The fourth-order valence-corrected chi connectivity index (χ4v) is 4.47. The van der Waals surface area contributed by atoms with E-state index in [9.17, 15) is 17.6 Å². The standard InChI is InChI=1S/C23H23FN2O3S/c1-16-9-4-5-12-20(16)17(2)25-23(27)18-10-8-11-19(15-18)30(28,29)26(3)22-14-7-6-13-21(22)24/h4-15,17H,1-3H3,(H,25,27)/t17-/m0/s1. The Morgan fingerprint density at radius 2 is 1.67 bits per heavy atom. The molecule has 0 fully saturated rings. The number of anilines is 1. The number of amides is 1. The fourth-order valence-electron chi connectivity index (χ4n) is 3.22. The highest BCUT2D eigenvalue weighted by atomic mass is 32.2. The van der Waals surface area contributed by atoms with Crippen LogP contribution in [-0.4, -0.2) is 21.4 Å². The molecule has 1 atom stereocenters. The van der Waals surface area contributed by atoms with Gasteiger partial charge in [0.25, 0.3) is 15.9 Å². The van der Waals surface area contributed by atoms with Gasteiger partial charge < -0.3 is 5.32 Å². The topological polar surface area (TPSA) is 66.5 Å². The average molecular weight is 427 g/mol. The van der Waals surface area contributed by atoms with Crippen LogP contribution in [0.2, 0.25) is 0 Å². The second-order valence-corrected chi connectivity index (χ2v) is 8.97. The molecule has 0 bridgehead atoms. The quantitative estimate of drug-likeness (QED) is 0.633. The third kappa shape index (κ3) is 4.36. The average Bonchev–Trinajstić information content (AvgIpc) is 2.74. The van der Waals surface area contributed by atoms with Gasteiger partial charge in [-0.1, -0.05) is 42.5 Å². The van der Waals surface area contributed by atoms with Crippen molar-refractivity contribution in [3.8, 4) is 0 Å². The second-order valence-electron chi connectivity index (χ2n) is 7.00. The number of para-hydroxylation sites is 1. The van der Waals surface area contributed by atoms with Crippen LogP contribution < -0.4 is 9.62 Å². The van der Waals surface area contributed by atoms with Gasteiger partial charge in [0, 0.05) is 12.6 Å². The molecule has 5 nitrogen and oxygen atoms in total. The summed E-state index contributed by atoms with van der Waals surface area (Å²) in [5, 5.41) is 2.89. The van der Waals surface area contributed by atoms with Crippen LogP contribution in [0.15, 0.2) is 77.7 Å². The molecule has 0 spiro atoms. The minimum atomic E-state index is -4.04. The highest BCUT2D eigenvalue weighted by molar-refractivity contribution is 7.92. The van der Waals surface area contributed by atoms with Gasteiger partial charge in [-0.2, -0.15) is 0 Å². The molecule has 3 aromatic carbocycles. The lowest BCUT2D eigenvalue weighted by atomic mass is 10.0. The summed E-state index contributed by atoms with van der Waals surface area (Å²) < 4.78 is 40.9. The third-order valence-corrected chi connectivity index (χ3v) is 6.72. The zero-order chi connectivity index (χ0) is 21.9. The molecule has 7 heteroatoms. The number of halogens is 1. The zero-order valence-corrected chi connectivity index (χ0v) is 17.8. The Bertz CT molecular complexity index is 1180. The van der Waals surface area contributed by atoms with Gasteiger partial charge >= 0.3 is 0 Å². The molecule has 0 aliphatic rings. The smallest absolute Gasteiger partial charge is 0.264 e. The van der Waals surface area contributed by atoms with Crippen LogP contribution in [0.3, 0.4) is 0 Å². The van der Waals surface area contributed by atoms with Crippen molar-refractivity contribution in [2.24, 2.45) is 0 Å². The minimum absolute atomic E-state index is 0.0690. The molecule has 0 saturated heterocycles. The van der Waals surface area contributed by atoms with Gasteiger partial charge in [0.05, 0.1) is 16.6 Å². The van der Waals surface area contributed by atoms with E-state index in [1.54, 1.807) is 12.1 Å². The summed E-state index contributed by atoms with van der Waals surface area (Å²) in [5.41, 5.74) is 2.17. The summed E-state index contributed by atoms with van der Waals surface area (Å²) >= 11 is 0. The number of sulfonamides is 1. The number of benzene rings is 3. The van der Waals surface area contributed by atoms with Crippen molar-refractivity contribution < 1.29 is 17.6 Å². The maximum absolute atomic E-state index is 14.1. The van der Waals surface area contributed by atoms with Gasteiger partial charge in [-0.05, 0) is 55.3 Å². The third-order valence-electron chi connectivity index (χ3n) is 4.95. The van der Waals surface area contributed by atoms with E-state index in [4.69, 9.17) is 0 Å². The maximum Gasteiger partial charge on any atom is 0.264 e. The van der Waals surface area contributed by atoms with Gasteiger partial charge in [0.1, 0.15) is 5.82 Å².